The zero-order valence-electron chi connectivity index (χ0n) is 49.1. The third-order valence-corrected chi connectivity index (χ3v) is 31.3. The van der Waals surface area contributed by atoms with E-state index in [-0.39, 0.29) is 71.4 Å². The first-order valence-electron chi connectivity index (χ1n) is 26.5. The van der Waals surface area contributed by atoms with Gasteiger partial charge in [0.15, 0.2) is 28.1 Å². The Bertz CT molecular complexity index is 2880. The van der Waals surface area contributed by atoms with Crippen LogP contribution in [0.15, 0.2) is 82.8 Å². The molecule has 4 aliphatic heterocycles. The predicted molar refractivity (Wildman–Crippen MR) is 321 cm³/mol. The molecule has 4 saturated heterocycles. The number of halogens is 4. The molecule has 0 amide bonds. The minimum atomic E-state index is -4.00. The number of ether oxygens (including phenoxy) is 1. The van der Waals surface area contributed by atoms with Crippen molar-refractivity contribution in [3.63, 3.8) is 0 Å². The Labute approximate surface area is 524 Å². The van der Waals surface area contributed by atoms with Gasteiger partial charge in [0, 0.05) is 40.8 Å². The number of pyridine rings is 1. The number of carbonyl (C=O) groups is 3. The van der Waals surface area contributed by atoms with Crippen molar-refractivity contribution in [1.82, 2.24) is 12.9 Å². The minimum Gasteiger partial charge on any atom is -0.870 e. The van der Waals surface area contributed by atoms with E-state index in [1.54, 1.807) is 0 Å². The van der Waals surface area contributed by atoms with E-state index >= 15 is 0 Å². The number of benzene rings is 2. The van der Waals surface area contributed by atoms with Gasteiger partial charge in [-0.15, -0.1) is 12.7 Å². The van der Waals surface area contributed by atoms with Crippen LogP contribution in [0.4, 0.5) is 0 Å². The van der Waals surface area contributed by atoms with Gasteiger partial charge in [0.05, 0.1) is 40.7 Å². The van der Waals surface area contributed by atoms with Crippen LogP contribution in [0.2, 0.25) is 51.3 Å². The summed E-state index contributed by atoms with van der Waals surface area (Å²) in [5.41, 5.74) is 4.78. The molecule has 0 radical (unpaired) electrons. The Hall–Kier alpha value is -2.28. The topological polar surface area (TPSA) is 323 Å². The van der Waals surface area contributed by atoms with Gasteiger partial charge < -0.3 is 40.8 Å². The Balaban J connectivity index is 0.000000565. The number of aliphatic hydroxyl groups excluding tert-OH is 2. The average molecular weight is 1340 g/mol. The van der Waals surface area contributed by atoms with Crippen LogP contribution in [-0.4, -0.2) is 167 Å². The molecule has 466 valence electrons. The maximum Gasteiger partial charge on any atom is 1.00 e. The molecule has 2 bridgehead atoms. The number of fused-ring (bicyclic) bond motifs is 2. The van der Waals surface area contributed by atoms with Crippen molar-refractivity contribution in [3.8, 4) is 0 Å². The number of hydrogen-bond acceptors (Lipinski definition) is 15. The number of cyclic esters (lactones) is 1. The van der Waals surface area contributed by atoms with Crippen molar-refractivity contribution in [3.05, 3.63) is 88.1 Å². The van der Waals surface area contributed by atoms with Crippen molar-refractivity contribution >= 4 is 110 Å². The standard InChI is InChI=1S/C19H30ClNO5SSi.C13H16ClNO5S.C12H14ClN2O4S.C6H15ClSi.C2H7NO.Li.H2O/c1-19(2,3)28(4,5)26-13-15-7-6-8-17(18(22)23)21(15)27(24,25)16-11-9-14(20)10-12-16;14-9-4-6-11(7-5-9)21(19,20)15-10(8-16)2-1-3-12(15)13(17)18;13-9-4-6-14(7-5-9)20(17,18)15-10-2-1-3-11(15)12(16)19-8-10;1-6(2,3)8(4,5)7;3-1-2-4;;/h9-12,15,17H,6-8,13H2,1-5H3,(H,22,23);4-7,10,12,16H,1-3,8H2,(H,17,18);4-7,10-11H,1-3,8H2;1-5H3;4H,1-3H2;;1H2/q;;+1;;;+1;/p-1. The molecule has 6 atom stereocenters. The van der Waals surface area contributed by atoms with Gasteiger partial charge in [-0.2, -0.15) is 19.7 Å². The number of carboxylic acid groups (broad SMARTS) is 2. The van der Waals surface area contributed by atoms with Gasteiger partial charge in [-0.05, 0) is 129 Å². The van der Waals surface area contributed by atoms with Crippen LogP contribution in [0.25, 0.3) is 0 Å². The number of carbonyl (C=O) groups excluding carboxylic acids is 1. The molecule has 3 aromatic rings. The molecule has 31 heteroatoms. The summed E-state index contributed by atoms with van der Waals surface area (Å²) >= 11 is 23.5. The second-order valence-corrected chi connectivity index (χ2v) is 41.7. The number of hydrogen-bond donors (Lipinski definition) is 5. The number of piperidine rings is 3. The van der Waals surface area contributed by atoms with E-state index in [9.17, 15) is 55.0 Å². The molecular formula is C52H83Cl4LiN5O16S3Si2+. The number of carboxylic acids is 2. The fraction of sp³-hybridized carbons (Fsp3) is 0.615. The second-order valence-electron chi connectivity index (χ2n) is 22.9. The number of aliphatic carboxylic acids is 2. The van der Waals surface area contributed by atoms with Crippen LogP contribution >= 0.6 is 45.9 Å². The molecular weight excluding hydrogens is 1250 g/mol. The van der Waals surface area contributed by atoms with E-state index < -0.39 is 101 Å². The SMILES string of the molecule is CC(C)(C)[Si](C)(C)Cl.CC(C)(C)[Si](C)(C)OCC1CCCC(C(=O)O)N1S(=O)(=O)c1ccc(Cl)cc1.NCCO.O=C(O)C1CCCC(CO)N1S(=O)(=O)c1ccc(Cl)cc1.O=C1OCC2CCCC1N2S(=O)(=O)[n+]1ccc(Cl)cc1.[Li+].[OH-]. The van der Waals surface area contributed by atoms with Crippen LogP contribution in [0.5, 0.6) is 0 Å². The normalized spacial score (nSPS) is 21.8. The van der Waals surface area contributed by atoms with Gasteiger partial charge in [-0.25, -0.2) is 16.8 Å². The number of esters is 1. The second kappa shape index (κ2) is 33.3. The Morgan fingerprint density at radius 2 is 1.06 bits per heavy atom. The van der Waals surface area contributed by atoms with Gasteiger partial charge in [0.2, 0.25) is 20.0 Å². The van der Waals surface area contributed by atoms with E-state index in [4.69, 9.17) is 65.9 Å². The van der Waals surface area contributed by atoms with E-state index in [0.29, 0.717) is 71.6 Å². The zero-order chi connectivity index (χ0) is 61.7. The Morgan fingerprint density at radius 3 is 1.43 bits per heavy atom. The smallest absolute Gasteiger partial charge is 0.870 e. The molecule has 21 nitrogen and oxygen atoms in total. The van der Waals surface area contributed by atoms with E-state index in [1.807, 2.05) is 0 Å². The molecule has 1 aromatic heterocycles. The number of nitrogens with two attached hydrogens (primary N) is 1. The van der Waals surface area contributed by atoms with Crippen LogP contribution in [0.3, 0.4) is 0 Å². The predicted octanol–water partition coefficient (Wildman–Crippen LogP) is 5.18. The molecule has 6 unspecified atom stereocenters. The van der Waals surface area contributed by atoms with Crippen molar-refractivity contribution in [2.75, 3.05) is 33.0 Å². The number of morpholine rings is 1. The summed E-state index contributed by atoms with van der Waals surface area (Å²) in [6, 6.07) is 9.87. The quantitative estimate of drug-likeness (QED) is 0.0637. The summed E-state index contributed by atoms with van der Waals surface area (Å²) in [4.78, 5) is 35.0. The van der Waals surface area contributed by atoms with Crippen LogP contribution in [-0.2, 0) is 53.8 Å². The summed E-state index contributed by atoms with van der Waals surface area (Å²) in [5.74, 6) is -2.79. The van der Waals surface area contributed by atoms with Gasteiger partial charge >= 0.3 is 47.0 Å². The molecule has 4 aliphatic rings. The molecule has 7 N–H and O–H groups in total. The summed E-state index contributed by atoms with van der Waals surface area (Å²) in [6.07, 6.45) is 7.56. The van der Waals surface area contributed by atoms with Gasteiger partial charge in [0.25, 0.3) is 0 Å². The fourth-order valence-electron chi connectivity index (χ4n) is 8.33. The van der Waals surface area contributed by atoms with Gasteiger partial charge in [-0.3, -0.25) is 14.4 Å². The maximum absolute atomic E-state index is 13.3. The first kappa shape index (κ1) is 78.7. The molecule has 4 fully saturated rings. The third kappa shape index (κ3) is 21.5. The maximum atomic E-state index is 13.3. The monoisotopic (exact) mass is 1330 g/mol. The summed E-state index contributed by atoms with van der Waals surface area (Å²) in [6.45, 7) is 21.9. The first-order chi connectivity index (χ1) is 37.3. The van der Waals surface area contributed by atoms with Crippen LogP contribution < -0.4 is 28.6 Å². The average Bonchev–Trinajstić information content (AvgIpc) is 3.45. The van der Waals surface area contributed by atoms with Gasteiger partial charge in [0.1, 0.15) is 24.7 Å². The minimum absolute atomic E-state index is 0. The molecule has 7 rings (SSSR count). The van der Waals surface area contributed by atoms with Crippen molar-refractivity contribution in [2.24, 2.45) is 5.73 Å². The number of nitrogens with zero attached hydrogens (tertiary/aromatic N) is 4. The number of rotatable bonds is 13. The first-order valence-corrected chi connectivity index (χ1v) is 38.8. The fourth-order valence-corrected chi connectivity index (χ4v) is 15.1. The van der Waals surface area contributed by atoms with E-state index in [1.165, 1.54) is 77.4 Å². The van der Waals surface area contributed by atoms with E-state index in [0.717, 1.165) is 19.0 Å². The Morgan fingerprint density at radius 1 is 0.675 bits per heavy atom. The summed E-state index contributed by atoms with van der Waals surface area (Å²) < 4.78 is 93.2. The van der Waals surface area contributed by atoms with Crippen molar-refractivity contribution in [1.29, 1.82) is 0 Å². The van der Waals surface area contributed by atoms with Crippen molar-refractivity contribution < 1.29 is 97.5 Å². The molecule has 0 saturated carbocycles. The summed E-state index contributed by atoms with van der Waals surface area (Å²) in [7, 11) is -15.3. The summed E-state index contributed by atoms with van der Waals surface area (Å²) in [5, 5.41) is 37.7. The number of aromatic nitrogens is 1. The van der Waals surface area contributed by atoms with Crippen LogP contribution in [0.1, 0.15) is 99.3 Å². The molecule has 0 spiro atoms. The number of sulfonamides is 2. The van der Waals surface area contributed by atoms with Gasteiger partial charge in [-0.1, -0.05) is 93.4 Å². The molecule has 5 heterocycles. The molecule has 2 aromatic carbocycles. The third-order valence-electron chi connectivity index (χ3n) is 14.9. The molecule has 83 heavy (non-hydrogen) atoms. The Kier molecular flexibility index (Phi) is 31.6. The zero-order valence-corrected chi connectivity index (χ0v) is 56.6. The molecule has 0 aliphatic carbocycles. The number of aliphatic hydroxyl groups is 2. The largest absolute Gasteiger partial charge is 1.00 e. The van der Waals surface area contributed by atoms with Crippen molar-refractivity contribution in [2.45, 2.75) is 182 Å². The van der Waals surface area contributed by atoms with E-state index in [2.05, 4.69) is 67.7 Å². The van der Waals surface area contributed by atoms with Crippen LogP contribution in [0, 0.1) is 0 Å².